The number of nitrogens with two attached hydrogens (primary N) is 1. The van der Waals surface area contributed by atoms with Gasteiger partial charge in [-0.2, -0.15) is 0 Å². The first-order valence-electron chi connectivity index (χ1n) is 5.89. The summed E-state index contributed by atoms with van der Waals surface area (Å²) < 4.78 is 5.24. The summed E-state index contributed by atoms with van der Waals surface area (Å²) in [7, 11) is 0. The van der Waals surface area contributed by atoms with E-state index in [-0.39, 0.29) is 18.2 Å². The monoisotopic (exact) mass is 248 g/mol. The van der Waals surface area contributed by atoms with Crippen LogP contribution in [0.1, 0.15) is 31.9 Å². The van der Waals surface area contributed by atoms with Crippen LogP contribution in [0.2, 0.25) is 0 Å². The quantitative estimate of drug-likeness (QED) is 0.486. The summed E-state index contributed by atoms with van der Waals surface area (Å²) in [6, 6.07) is 7.48. The molecule has 0 aliphatic rings. The van der Waals surface area contributed by atoms with Crippen LogP contribution < -0.4 is 5.73 Å². The highest BCUT2D eigenvalue weighted by Crippen LogP contribution is 2.11. The Balaban J connectivity index is 2.58. The highest BCUT2D eigenvalue weighted by atomic mass is 16.6. The van der Waals surface area contributed by atoms with Crippen molar-refractivity contribution < 1.29 is 9.53 Å². The summed E-state index contributed by atoms with van der Waals surface area (Å²) in [5, 5.41) is 7.20. The zero-order valence-electron chi connectivity index (χ0n) is 11.1. The summed E-state index contributed by atoms with van der Waals surface area (Å²) in [6.45, 7) is 5.54. The van der Waals surface area contributed by atoms with Gasteiger partial charge in [-0.25, -0.2) is 0 Å². The molecule has 1 rings (SSSR count). The third kappa shape index (κ3) is 5.48. The number of hydrogen-bond donors (Lipinski definition) is 2. The molecule has 0 atom stereocenters. The average Bonchev–Trinajstić information content (AvgIpc) is 2.17. The Bertz CT molecular complexity index is 430. The minimum atomic E-state index is -0.453. The van der Waals surface area contributed by atoms with Crippen molar-refractivity contribution in [3.63, 3.8) is 0 Å². The van der Waals surface area contributed by atoms with Crippen LogP contribution in [0.25, 0.3) is 0 Å². The van der Waals surface area contributed by atoms with Gasteiger partial charge < -0.3 is 10.5 Å². The van der Waals surface area contributed by atoms with Crippen molar-refractivity contribution in [3.05, 3.63) is 35.4 Å². The van der Waals surface area contributed by atoms with Crippen molar-refractivity contribution in [1.29, 1.82) is 5.41 Å². The molecule has 0 radical (unpaired) electrons. The van der Waals surface area contributed by atoms with Crippen LogP contribution in [-0.4, -0.2) is 17.4 Å². The standard InChI is InChI=1S/C14H20N2O2/c1-14(2,3)18-13(17)9-11-6-4-10(5-7-11)8-12(15)16/h4-7H,8-9H2,1-3H3,(H3,15,16). The lowest BCUT2D eigenvalue weighted by molar-refractivity contribution is -0.153. The fraction of sp³-hybridized carbons (Fsp3) is 0.429. The lowest BCUT2D eigenvalue weighted by Crippen LogP contribution is -2.24. The van der Waals surface area contributed by atoms with E-state index in [0.717, 1.165) is 11.1 Å². The predicted octanol–water partition coefficient (Wildman–Crippen LogP) is 2.05. The maximum atomic E-state index is 11.6. The molecule has 18 heavy (non-hydrogen) atoms. The topological polar surface area (TPSA) is 76.2 Å². The molecule has 0 aliphatic heterocycles. The second-order valence-electron chi connectivity index (χ2n) is 5.28. The summed E-state index contributed by atoms with van der Waals surface area (Å²) in [4.78, 5) is 11.6. The minimum absolute atomic E-state index is 0.134. The van der Waals surface area contributed by atoms with Gasteiger partial charge in [-0.05, 0) is 31.9 Å². The molecule has 0 amide bonds. The summed E-state index contributed by atoms with van der Waals surface area (Å²) >= 11 is 0. The maximum Gasteiger partial charge on any atom is 0.310 e. The van der Waals surface area contributed by atoms with Crippen molar-refractivity contribution in [1.82, 2.24) is 0 Å². The third-order valence-electron chi connectivity index (χ3n) is 2.19. The zero-order chi connectivity index (χ0) is 13.8. The molecule has 1 aromatic carbocycles. The van der Waals surface area contributed by atoms with Crippen LogP contribution in [-0.2, 0) is 22.4 Å². The molecule has 0 heterocycles. The number of rotatable bonds is 4. The zero-order valence-corrected chi connectivity index (χ0v) is 11.1. The van der Waals surface area contributed by atoms with E-state index in [1.807, 2.05) is 45.0 Å². The van der Waals surface area contributed by atoms with Gasteiger partial charge in [0.1, 0.15) is 5.60 Å². The lowest BCUT2D eigenvalue weighted by Gasteiger charge is -2.19. The van der Waals surface area contributed by atoms with E-state index in [2.05, 4.69) is 0 Å². The van der Waals surface area contributed by atoms with Crippen molar-refractivity contribution in [2.75, 3.05) is 0 Å². The molecule has 98 valence electrons. The Hall–Kier alpha value is -1.84. The van der Waals surface area contributed by atoms with Gasteiger partial charge in [-0.15, -0.1) is 0 Å². The molecule has 4 heteroatoms. The van der Waals surface area contributed by atoms with E-state index in [1.165, 1.54) is 0 Å². The van der Waals surface area contributed by atoms with Crippen molar-refractivity contribution in [2.24, 2.45) is 5.73 Å². The normalized spacial score (nSPS) is 11.1. The number of carbonyl (C=O) groups is 1. The van der Waals surface area contributed by atoms with Gasteiger partial charge in [-0.1, -0.05) is 24.3 Å². The van der Waals surface area contributed by atoms with Crippen molar-refractivity contribution >= 4 is 11.8 Å². The van der Waals surface area contributed by atoms with Gasteiger partial charge in [0, 0.05) is 6.42 Å². The van der Waals surface area contributed by atoms with Crippen LogP contribution in [0.5, 0.6) is 0 Å². The van der Waals surface area contributed by atoms with Crippen LogP contribution in [0.3, 0.4) is 0 Å². The second-order valence-corrected chi connectivity index (χ2v) is 5.28. The fourth-order valence-electron chi connectivity index (χ4n) is 1.54. The maximum absolute atomic E-state index is 11.6. The Morgan fingerprint density at radius 2 is 1.61 bits per heavy atom. The molecule has 1 aromatic rings. The Labute approximate surface area is 108 Å². The Kier molecular flexibility index (Phi) is 4.48. The first kappa shape index (κ1) is 14.2. The highest BCUT2D eigenvalue weighted by Gasteiger charge is 2.16. The number of benzene rings is 1. The number of nitrogens with one attached hydrogen (secondary N) is 1. The highest BCUT2D eigenvalue weighted by molar-refractivity contribution is 5.79. The second kappa shape index (κ2) is 5.67. The van der Waals surface area contributed by atoms with Crippen LogP contribution in [0.4, 0.5) is 0 Å². The molecular formula is C14H20N2O2. The van der Waals surface area contributed by atoms with Crippen LogP contribution in [0, 0.1) is 5.41 Å². The molecule has 0 bridgehead atoms. The van der Waals surface area contributed by atoms with E-state index in [1.54, 1.807) is 0 Å². The summed E-state index contributed by atoms with van der Waals surface area (Å²) in [6.07, 6.45) is 0.699. The SMILES string of the molecule is CC(C)(C)OC(=O)Cc1ccc(CC(=N)N)cc1. The van der Waals surface area contributed by atoms with Gasteiger partial charge in [0.25, 0.3) is 0 Å². The summed E-state index contributed by atoms with van der Waals surface area (Å²) in [5.41, 5.74) is 6.74. The molecule has 0 saturated heterocycles. The van der Waals surface area contributed by atoms with Gasteiger partial charge in [0.2, 0.25) is 0 Å². The molecule has 0 fully saturated rings. The molecule has 3 N–H and O–H groups in total. The van der Waals surface area contributed by atoms with Gasteiger partial charge >= 0.3 is 5.97 Å². The molecule has 4 nitrogen and oxygen atoms in total. The van der Waals surface area contributed by atoms with Crippen LogP contribution in [0.15, 0.2) is 24.3 Å². The number of amidine groups is 1. The number of hydrogen-bond acceptors (Lipinski definition) is 3. The molecule has 0 spiro atoms. The molecule has 0 aromatic heterocycles. The molecular weight excluding hydrogens is 228 g/mol. The average molecular weight is 248 g/mol. The van der Waals surface area contributed by atoms with Crippen molar-refractivity contribution in [3.8, 4) is 0 Å². The smallest absolute Gasteiger partial charge is 0.310 e. The number of ether oxygens (including phenoxy) is 1. The van der Waals surface area contributed by atoms with E-state index < -0.39 is 5.60 Å². The van der Waals surface area contributed by atoms with E-state index in [4.69, 9.17) is 15.9 Å². The minimum Gasteiger partial charge on any atom is -0.460 e. The lowest BCUT2D eigenvalue weighted by atomic mass is 10.1. The molecule has 0 saturated carbocycles. The van der Waals surface area contributed by atoms with Crippen LogP contribution >= 0.6 is 0 Å². The predicted molar refractivity (Wildman–Crippen MR) is 71.6 cm³/mol. The molecule has 0 unspecified atom stereocenters. The first-order valence-corrected chi connectivity index (χ1v) is 5.89. The van der Waals surface area contributed by atoms with E-state index >= 15 is 0 Å². The van der Waals surface area contributed by atoms with Crippen molar-refractivity contribution in [2.45, 2.75) is 39.2 Å². The largest absolute Gasteiger partial charge is 0.460 e. The van der Waals surface area contributed by atoms with Gasteiger partial charge in [-0.3, -0.25) is 10.2 Å². The van der Waals surface area contributed by atoms with E-state index in [0.29, 0.717) is 6.42 Å². The first-order chi connectivity index (χ1) is 8.26. The Morgan fingerprint density at radius 3 is 2.00 bits per heavy atom. The summed E-state index contributed by atoms with van der Waals surface area (Å²) in [5.74, 6) is -0.100. The third-order valence-corrected chi connectivity index (χ3v) is 2.19. The van der Waals surface area contributed by atoms with Gasteiger partial charge in [0.15, 0.2) is 0 Å². The number of carbonyl (C=O) groups excluding carboxylic acids is 1. The molecule has 0 aliphatic carbocycles. The Morgan fingerprint density at radius 1 is 1.17 bits per heavy atom. The van der Waals surface area contributed by atoms with Gasteiger partial charge in [0.05, 0.1) is 12.3 Å². The number of esters is 1. The van der Waals surface area contributed by atoms with E-state index in [9.17, 15) is 4.79 Å². The fourth-order valence-corrected chi connectivity index (χ4v) is 1.54.